The van der Waals surface area contributed by atoms with E-state index in [4.69, 9.17) is 0 Å². The van der Waals surface area contributed by atoms with Gasteiger partial charge in [-0.2, -0.15) is 0 Å². The molecule has 0 bridgehead atoms. The average molecular weight is 342 g/mol. The molecule has 0 aromatic heterocycles. The molecule has 5 nitrogen and oxygen atoms in total. The minimum Gasteiger partial charge on any atom is -0.322 e. The molecule has 0 unspecified atom stereocenters. The third-order valence-corrected chi connectivity index (χ3v) is 5.60. The molecular formula is C18H18N2O3S. The van der Waals surface area contributed by atoms with Gasteiger partial charge in [0.2, 0.25) is 15.9 Å². The third kappa shape index (κ3) is 3.83. The van der Waals surface area contributed by atoms with Crippen molar-refractivity contribution in [2.45, 2.75) is 6.42 Å². The van der Waals surface area contributed by atoms with Crippen LogP contribution in [-0.2, 0) is 14.8 Å². The molecule has 0 atom stereocenters. The molecule has 1 aliphatic rings. The van der Waals surface area contributed by atoms with Crippen LogP contribution in [0.25, 0.3) is 6.08 Å². The molecule has 6 heteroatoms. The highest BCUT2D eigenvalue weighted by atomic mass is 32.2. The summed E-state index contributed by atoms with van der Waals surface area (Å²) in [4.78, 5) is 12.0. The first kappa shape index (κ1) is 16.3. The maximum atomic E-state index is 12.0. The molecule has 0 radical (unpaired) electrons. The number of hydrogen-bond donors (Lipinski definition) is 1. The van der Waals surface area contributed by atoms with E-state index in [0.717, 1.165) is 5.56 Å². The van der Waals surface area contributed by atoms with E-state index < -0.39 is 10.0 Å². The number of nitrogens with zero attached hydrogens (tertiary/aromatic N) is 1. The lowest BCUT2D eigenvalue weighted by Gasteiger charge is -2.17. The number of rotatable bonds is 4. The zero-order valence-electron chi connectivity index (χ0n) is 13.1. The molecule has 0 spiro atoms. The van der Waals surface area contributed by atoms with Gasteiger partial charge in [-0.3, -0.25) is 9.10 Å². The summed E-state index contributed by atoms with van der Waals surface area (Å²) >= 11 is 0. The predicted octanol–water partition coefficient (Wildman–Crippen LogP) is 2.88. The maximum Gasteiger partial charge on any atom is 0.248 e. The first-order chi connectivity index (χ1) is 11.5. The highest BCUT2D eigenvalue weighted by molar-refractivity contribution is 7.93. The molecule has 3 rings (SSSR count). The lowest BCUT2D eigenvalue weighted by molar-refractivity contribution is -0.111. The zero-order valence-corrected chi connectivity index (χ0v) is 13.9. The van der Waals surface area contributed by atoms with E-state index in [-0.39, 0.29) is 11.7 Å². The second kappa shape index (κ2) is 6.88. The van der Waals surface area contributed by atoms with Crippen molar-refractivity contribution in [2.75, 3.05) is 21.9 Å². The summed E-state index contributed by atoms with van der Waals surface area (Å²) in [5.41, 5.74) is 2.08. The summed E-state index contributed by atoms with van der Waals surface area (Å²) in [6, 6.07) is 16.4. The van der Waals surface area contributed by atoms with Gasteiger partial charge in [-0.15, -0.1) is 0 Å². The van der Waals surface area contributed by atoms with Crippen LogP contribution < -0.4 is 9.62 Å². The van der Waals surface area contributed by atoms with Crippen molar-refractivity contribution in [3.8, 4) is 0 Å². The molecule has 2 aromatic carbocycles. The van der Waals surface area contributed by atoms with Gasteiger partial charge in [-0.1, -0.05) is 36.4 Å². The maximum absolute atomic E-state index is 12.0. The van der Waals surface area contributed by atoms with Crippen LogP contribution in [0.15, 0.2) is 60.7 Å². The van der Waals surface area contributed by atoms with Crippen LogP contribution in [-0.4, -0.2) is 26.6 Å². The minimum absolute atomic E-state index is 0.170. The lowest BCUT2D eigenvalue weighted by Crippen LogP contribution is -2.25. The van der Waals surface area contributed by atoms with Gasteiger partial charge >= 0.3 is 0 Å². The van der Waals surface area contributed by atoms with Gasteiger partial charge in [0.15, 0.2) is 0 Å². The number of amides is 1. The Kier molecular flexibility index (Phi) is 4.66. The fourth-order valence-corrected chi connectivity index (χ4v) is 4.14. The Balaban J connectivity index is 1.71. The number of nitrogens with one attached hydrogen (secondary N) is 1. The fourth-order valence-electron chi connectivity index (χ4n) is 2.59. The molecule has 1 N–H and O–H groups in total. The number of carbonyl (C=O) groups excluding carboxylic acids is 1. The molecule has 1 fully saturated rings. The van der Waals surface area contributed by atoms with Crippen LogP contribution in [0.1, 0.15) is 12.0 Å². The molecule has 1 heterocycles. The first-order valence-electron chi connectivity index (χ1n) is 7.69. The summed E-state index contributed by atoms with van der Waals surface area (Å²) in [5.74, 6) is -0.0936. The Morgan fingerprint density at radius 2 is 1.88 bits per heavy atom. The average Bonchev–Trinajstić information content (AvgIpc) is 2.93. The van der Waals surface area contributed by atoms with Crippen molar-refractivity contribution in [1.29, 1.82) is 0 Å². The predicted molar refractivity (Wildman–Crippen MR) is 96.3 cm³/mol. The number of anilines is 2. The van der Waals surface area contributed by atoms with E-state index in [9.17, 15) is 13.2 Å². The van der Waals surface area contributed by atoms with Gasteiger partial charge in [-0.25, -0.2) is 8.42 Å². The van der Waals surface area contributed by atoms with Crippen LogP contribution in [0.2, 0.25) is 0 Å². The Labute approximate surface area is 141 Å². The number of benzene rings is 2. The molecule has 1 aliphatic heterocycles. The summed E-state index contributed by atoms with van der Waals surface area (Å²) in [6.45, 7) is 0.480. The molecule has 1 saturated heterocycles. The quantitative estimate of drug-likeness (QED) is 0.869. The van der Waals surface area contributed by atoms with Crippen molar-refractivity contribution in [1.82, 2.24) is 0 Å². The van der Waals surface area contributed by atoms with Gasteiger partial charge in [0.25, 0.3) is 0 Å². The van der Waals surface area contributed by atoms with E-state index in [0.29, 0.717) is 24.3 Å². The molecule has 124 valence electrons. The number of sulfonamides is 1. The van der Waals surface area contributed by atoms with Crippen molar-refractivity contribution < 1.29 is 13.2 Å². The Morgan fingerprint density at radius 3 is 2.58 bits per heavy atom. The summed E-state index contributed by atoms with van der Waals surface area (Å²) in [5, 5.41) is 2.76. The van der Waals surface area contributed by atoms with E-state index >= 15 is 0 Å². The van der Waals surface area contributed by atoms with Crippen molar-refractivity contribution >= 4 is 33.4 Å². The van der Waals surface area contributed by atoms with E-state index in [1.165, 1.54) is 10.4 Å². The molecular weight excluding hydrogens is 324 g/mol. The Hall–Kier alpha value is -2.60. The zero-order chi connectivity index (χ0) is 17.0. The normalized spacial score (nSPS) is 16.4. The van der Waals surface area contributed by atoms with Crippen LogP contribution in [0.3, 0.4) is 0 Å². The standard InChI is InChI=1S/C18H18N2O3S/c21-18(11-10-15-6-2-1-3-7-15)19-16-8-4-9-17(14-16)20-12-5-13-24(20,22)23/h1-4,6-11,14H,5,12-13H2,(H,19,21)/b11-10+. The second-order valence-corrected chi connectivity index (χ2v) is 7.54. The monoisotopic (exact) mass is 342 g/mol. The summed E-state index contributed by atoms with van der Waals surface area (Å²) < 4.78 is 25.4. The SMILES string of the molecule is O=C(/C=C/c1ccccc1)Nc1cccc(N2CCCS2(=O)=O)c1. The van der Waals surface area contributed by atoms with E-state index in [1.54, 1.807) is 30.3 Å². The molecule has 1 amide bonds. The second-order valence-electron chi connectivity index (χ2n) is 5.53. The number of carbonyl (C=O) groups is 1. The van der Waals surface area contributed by atoms with E-state index in [2.05, 4.69) is 5.32 Å². The summed E-state index contributed by atoms with van der Waals surface area (Å²) in [6.07, 6.45) is 3.80. The van der Waals surface area contributed by atoms with Crippen molar-refractivity contribution in [3.05, 3.63) is 66.2 Å². The van der Waals surface area contributed by atoms with Crippen LogP contribution in [0.4, 0.5) is 11.4 Å². The van der Waals surface area contributed by atoms with Gasteiger partial charge < -0.3 is 5.32 Å². The molecule has 0 saturated carbocycles. The van der Waals surface area contributed by atoms with Crippen LogP contribution >= 0.6 is 0 Å². The number of hydrogen-bond acceptors (Lipinski definition) is 3. The largest absolute Gasteiger partial charge is 0.322 e. The van der Waals surface area contributed by atoms with Crippen LogP contribution in [0, 0.1) is 0 Å². The highest BCUT2D eigenvalue weighted by Gasteiger charge is 2.28. The summed E-state index contributed by atoms with van der Waals surface area (Å²) in [7, 11) is -3.22. The van der Waals surface area contributed by atoms with Gasteiger partial charge in [-0.05, 0) is 36.3 Å². The Bertz CT molecular complexity index is 861. The van der Waals surface area contributed by atoms with Gasteiger partial charge in [0, 0.05) is 18.3 Å². The highest BCUT2D eigenvalue weighted by Crippen LogP contribution is 2.26. The minimum atomic E-state index is -3.22. The van der Waals surface area contributed by atoms with Gasteiger partial charge in [0.1, 0.15) is 0 Å². The lowest BCUT2D eigenvalue weighted by atomic mass is 10.2. The Morgan fingerprint density at radius 1 is 1.08 bits per heavy atom. The molecule has 24 heavy (non-hydrogen) atoms. The molecule has 2 aromatic rings. The molecule has 0 aliphatic carbocycles. The topological polar surface area (TPSA) is 66.5 Å². The first-order valence-corrected chi connectivity index (χ1v) is 9.30. The fraction of sp³-hybridized carbons (Fsp3) is 0.167. The smallest absolute Gasteiger partial charge is 0.248 e. The van der Waals surface area contributed by atoms with Crippen LogP contribution in [0.5, 0.6) is 0 Å². The van der Waals surface area contributed by atoms with Gasteiger partial charge in [0.05, 0.1) is 11.4 Å². The van der Waals surface area contributed by atoms with Crippen molar-refractivity contribution in [3.63, 3.8) is 0 Å². The third-order valence-electron chi connectivity index (χ3n) is 3.73. The van der Waals surface area contributed by atoms with E-state index in [1.807, 2.05) is 30.3 Å². The van der Waals surface area contributed by atoms with Crippen molar-refractivity contribution in [2.24, 2.45) is 0 Å².